The van der Waals surface area contributed by atoms with Crippen LogP contribution < -0.4 is 0 Å². The highest BCUT2D eigenvalue weighted by Crippen LogP contribution is 2.24. The Labute approximate surface area is 99.7 Å². The lowest BCUT2D eigenvalue weighted by molar-refractivity contribution is 0.101. The fourth-order valence-corrected chi connectivity index (χ4v) is 1.86. The molecule has 0 spiro atoms. The highest BCUT2D eigenvalue weighted by Gasteiger charge is 2.33. The van der Waals surface area contributed by atoms with E-state index in [9.17, 15) is 5.11 Å². The van der Waals surface area contributed by atoms with Crippen molar-refractivity contribution in [1.29, 1.82) is 0 Å². The molecular formula is C13H22O2Si. The third-order valence-corrected chi connectivity index (χ3v) is 3.47. The van der Waals surface area contributed by atoms with Crippen LogP contribution in [0.25, 0.3) is 0 Å². The molecule has 0 radical (unpaired) electrons. The van der Waals surface area contributed by atoms with Crippen molar-refractivity contribution >= 4 is 8.07 Å². The zero-order valence-corrected chi connectivity index (χ0v) is 11.7. The van der Waals surface area contributed by atoms with E-state index in [1.165, 1.54) is 0 Å². The monoisotopic (exact) mass is 238 g/mol. The highest BCUT2D eigenvalue weighted by atomic mass is 28.3. The zero-order valence-electron chi connectivity index (χ0n) is 10.7. The van der Waals surface area contributed by atoms with Gasteiger partial charge in [-0.15, -0.1) is 5.54 Å². The average molecular weight is 238 g/mol. The third-order valence-electron chi connectivity index (χ3n) is 2.58. The van der Waals surface area contributed by atoms with Crippen molar-refractivity contribution in [1.82, 2.24) is 0 Å². The van der Waals surface area contributed by atoms with Crippen LogP contribution in [-0.4, -0.2) is 32.0 Å². The molecule has 3 heteroatoms. The van der Waals surface area contributed by atoms with Crippen molar-refractivity contribution < 1.29 is 9.84 Å². The molecular weight excluding hydrogens is 216 g/mol. The van der Waals surface area contributed by atoms with Gasteiger partial charge in [0.25, 0.3) is 0 Å². The molecule has 1 aliphatic heterocycles. The number of aliphatic hydroxyl groups is 1. The van der Waals surface area contributed by atoms with E-state index in [1.807, 2.05) is 19.1 Å². The summed E-state index contributed by atoms with van der Waals surface area (Å²) in [5.41, 5.74) is 3.26. The van der Waals surface area contributed by atoms with Crippen molar-refractivity contribution in [2.75, 3.05) is 6.61 Å². The third kappa shape index (κ3) is 5.50. The Morgan fingerprint density at radius 1 is 1.50 bits per heavy atom. The summed E-state index contributed by atoms with van der Waals surface area (Å²) in [6.07, 6.45) is 4.45. The average Bonchev–Trinajstić information content (AvgIpc) is 2.97. The van der Waals surface area contributed by atoms with Gasteiger partial charge in [-0.05, 0) is 12.5 Å². The van der Waals surface area contributed by atoms with Crippen molar-refractivity contribution in [3.63, 3.8) is 0 Å². The summed E-state index contributed by atoms with van der Waals surface area (Å²) < 4.78 is 5.16. The number of aliphatic hydroxyl groups excluding tert-OH is 1. The Balaban J connectivity index is 2.27. The van der Waals surface area contributed by atoms with Gasteiger partial charge in [0, 0.05) is 5.92 Å². The first-order valence-electron chi connectivity index (χ1n) is 5.87. The molecule has 0 aromatic heterocycles. The molecule has 0 bridgehead atoms. The number of hydrogen-bond donors (Lipinski definition) is 1. The Morgan fingerprint density at radius 2 is 2.12 bits per heavy atom. The molecule has 90 valence electrons. The standard InChI is InChI=1S/C13H22O2Si/c1-11(13-10-15-13)12(14)8-6-5-7-9-16(2,3)4/h5-6,11-14H,8,10H2,1-4H3/b6-5+/t11-,12-,13-/m1/s1. The van der Waals surface area contributed by atoms with Gasteiger partial charge in [0.1, 0.15) is 8.07 Å². The highest BCUT2D eigenvalue weighted by molar-refractivity contribution is 6.83. The molecule has 1 heterocycles. The van der Waals surface area contributed by atoms with Crippen LogP contribution in [0, 0.1) is 17.4 Å². The largest absolute Gasteiger partial charge is 0.392 e. The molecule has 1 saturated heterocycles. The molecule has 0 unspecified atom stereocenters. The van der Waals surface area contributed by atoms with Gasteiger partial charge >= 0.3 is 0 Å². The van der Waals surface area contributed by atoms with Gasteiger partial charge in [0.15, 0.2) is 0 Å². The van der Waals surface area contributed by atoms with E-state index in [-0.39, 0.29) is 18.1 Å². The first-order valence-corrected chi connectivity index (χ1v) is 9.37. The molecule has 0 saturated carbocycles. The van der Waals surface area contributed by atoms with E-state index in [2.05, 4.69) is 31.1 Å². The van der Waals surface area contributed by atoms with Crippen molar-refractivity contribution in [2.24, 2.45) is 5.92 Å². The summed E-state index contributed by atoms with van der Waals surface area (Å²) in [5, 5.41) is 9.82. The first kappa shape index (κ1) is 13.5. The molecule has 1 fully saturated rings. The van der Waals surface area contributed by atoms with Gasteiger partial charge in [0.05, 0.1) is 18.8 Å². The van der Waals surface area contributed by atoms with Crippen molar-refractivity contribution in [2.45, 2.75) is 45.2 Å². The molecule has 0 amide bonds. The minimum atomic E-state index is -1.26. The van der Waals surface area contributed by atoms with Gasteiger partial charge in [-0.1, -0.05) is 38.6 Å². The molecule has 0 aliphatic carbocycles. The Hall–Kier alpha value is -0.563. The van der Waals surface area contributed by atoms with E-state index in [0.29, 0.717) is 6.42 Å². The predicted octanol–water partition coefficient (Wildman–Crippen LogP) is 2.21. The van der Waals surface area contributed by atoms with E-state index >= 15 is 0 Å². The second kappa shape index (κ2) is 5.67. The molecule has 3 atom stereocenters. The van der Waals surface area contributed by atoms with Crippen LogP contribution in [-0.2, 0) is 4.74 Å². The molecule has 1 aliphatic rings. The summed E-state index contributed by atoms with van der Waals surface area (Å²) in [6.45, 7) is 9.49. The van der Waals surface area contributed by atoms with Crippen LogP contribution >= 0.6 is 0 Å². The topological polar surface area (TPSA) is 32.8 Å². The molecule has 2 nitrogen and oxygen atoms in total. The summed E-state index contributed by atoms with van der Waals surface area (Å²) in [4.78, 5) is 0. The summed E-state index contributed by atoms with van der Waals surface area (Å²) in [7, 11) is -1.26. The molecule has 0 aromatic carbocycles. The number of rotatable bonds is 4. The van der Waals surface area contributed by atoms with E-state index in [1.54, 1.807) is 0 Å². The maximum absolute atomic E-state index is 9.82. The van der Waals surface area contributed by atoms with Gasteiger partial charge in [0.2, 0.25) is 0 Å². The minimum Gasteiger partial charge on any atom is -0.392 e. The van der Waals surface area contributed by atoms with E-state index < -0.39 is 8.07 Å². The predicted molar refractivity (Wildman–Crippen MR) is 69.8 cm³/mol. The molecule has 16 heavy (non-hydrogen) atoms. The fourth-order valence-electron chi connectivity index (χ4n) is 1.35. The Morgan fingerprint density at radius 3 is 2.62 bits per heavy atom. The van der Waals surface area contributed by atoms with Gasteiger partial charge in [-0.3, -0.25) is 0 Å². The van der Waals surface area contributed by atoms with Crippen LogP contribution in [0.5, 0.6) is 0 Å². The lowest BCUT2D eigenvalue weighted by Crippen LogP contribution is -2.21. The van der Waals surface area contributed by atoms with Crippen LogP contribution in [0.1, 0.15) is 13.3 Å². The van der Waals surface area contributed by atoms with Crippen molar-refractivity contribution in [3.05, 3.63) is 12.2 Å². The molecule has 1 rings (SSSR count). The number of epoxide rings is 1. The molecule has 1 N–H and O–H groups in total. The Bertz CT molecular complexity index is 302. The minimum absolute atomic E-state index is 0.231. The molecule has 0 aromatic rings. The Kier molecular flexibility index (Phi) is 4.79. The van der Waals surface area contributed by atoms with Crippen LogP contribution in [0.15, 0.2) is 12.2 Å². The fraction of sp³-hybridized carbons (Fsp3) is 0.692. The lowest BCUT2D eigenvalue weighted by atomic mass is 9.99. The zero-order chi connectivity index (χ0) is 12.2. The summed E-state index contributed by atoms with van der Waals surface area (Å²) in [5.74, 6) is 3.28. The summed E-state index contributed by atoms with van der Waals surface area (Å²) >= 11 is 0. The van der Waals surface area contributed by atoms with E-state index in [0.717, 1.165) is 6.61 Å². The van der Waals surface area contributed by atoms with Gasteiger partial charge in [-0.2, -0.15) is 0 Å². The van der Waals surface area contributed by atoms with Crippen LogP contribution in [0.2, 0.25) is 19.6 Å². The number of allylic oxidation sites excluding steroid dienone is 1. The normalized spacial score (nSPS) is 23.7. The SMILES string of the molecule is C[C@H]([C@H](O)C/C=C/C#C[Si](C)(C)C)[C@H]1CO1. The van der Waals surface area contributed by atoms with Crippen molar-refractivity contribution in [3.8, 4) is 11.5 Å². The van der Waals surface area contributed by atoms with Gasteiger partial charge in [-0.25, -0.2) is 0 Å². The van der Waals surface area contributed by atoms with Gasteiger partial charge < -0.3 is 9.84 Å². The second-order valence-corrected chi connectivity index (χ2v) is 10.2. The quantitative estimate of drug-likeness (QED) is 0.463. The second-order valence-electron chi connectivity index (χ2n) is 5.46. The smallest absolute Gasteiger partial charge is 0.129 e. The van der Waals surface area contributed by atoms with E-state index in [4.69, 9.17) is 4.74 Å². The lowest BCUT2D eigenvalue weighted by Gasteiger charge is -2.14. The first-order chi connectivity index (χ1) is 7.40. The maximum Gasteiger partial charge on any atom is 0.129 e. The number of hydrogen-bond acceptors (Lipinski definition) is 2. The van der Waals surface area contributed by atoms with Crippen LogP contribution in [0.4, 0.5) is 0 Å². The summed E-state index contributed by atoms with van der Waals surface area (Å²) in [6, 6.07) is 0. The number of ether oxygens (including phenoxy) is 1. The van der Waals surface area contributed by atoms with Crippen LogP contribution in [0.3, 0.4) is 0 Å². The maximum atomic E-state index is 9.82.